The van der Waals surface area contributed by atoms with E-state index in [1.807, 2.05) is 0 Å². The second-order valence-corrected chi connectivity index (χ2v) is 17.3. The summed E-state index contributed by atoms with van der Waals surface area (Å²) in [5, 5.41) is 6.73. The fraction of sp³-hybridized carbons (Fsp3) is 0.0323. The number of aryl methyl sites for hydroxylation is 2. The van der Waals surface area contributed by atoms with Crippen molar-refractivity contribution in [2.24, 2.45) is 0 Å². The van der Waals surface area contributed by atoms with Gasteiger partial charge in [-0.2, -0.15) is 0 Å². The van der Waals surface area contributed by atoms with Crippen molar-refractivity contribution in [1.82, 2.24) is 4.57 Å². The molecule has 13 rings (SSSR count). The summed E-state index contributed by atoms with van der Waals surface area (Å²) in [6, 6.07) is 76.5. The lowest BCUT2D eigenvalue weighted by molar-refractivity contribution is 0.657. The highest BCUT2D eigenvalue weighted by atomic mass is 16.3. The molecule has 0 bridgehead atoms. The topological polar surface area (TPSA) is 31.2 Å². The van der Waals surface area contributed by atoms with Crippen molar-refractivity contribution in [2.45, 2.75) is 13.8 Å². The van der Waals surface area contributed by atoms with Crippen molar-refractivity contribution in [3.63, 3.8) is 0 Å². The maximum Gasteiger partial charge on any atom is 0.143 e. The standard InChI is InChI=1S/C62H41NO2/c1-38-24-26-42(40-14-6-3-7-15-40)32-51(38)52-34-44(27-25-39(52)2)47-20-12-22-49-55-36-56-50-23-13-21-48(62(50)65-60(56)37-59(55)64-61(47)49)45-29-31-58-54(35-45)53-33-43(41-16-8-4-9-17-41)28-30-57(53)63(58)46-18-10-5-11-19-46/h3-37H,1-2H3. The Balaban J connectivity index is 0.931. The first-order valence-electron chi connectivity index (χ1n) is 22.3. The highest BCUT2D eigenvalue weighted by molar-refractivity contribution is 6.19. The molecular formula is C62H41NO2. The lowest BCUT2D eigenvalue weighted by Crippen LogP contribution is -1.93. The number of hydrogen-bond donors (Lipinski definition) is 0. The molecule has 0 amide bonds. The summed E-state index contributed by atoms with van der Waals surface area (Å²) in [4.78, 5) is 0. The van der Waals surface area contributed by atoms with Crippen LogP contribution >= 0.6 is 0 Å². The van der Waals surface area contributed by atoms with Gasteiger partial charge in [0.1, 0.15) is 22.3 Å². The van der Waals surface area contributed by atoms with Crippen LogP contribution in [0.5, 0.6) is 0 Å². The van der Waals surface area contributed by atoms with Gasteiger partial charge in [-0.25, -0.2) is 0 Å². The number of fused-ring (bicyclic) bond motifs is 9. The molecule has 0 atom stereocenters. The van der Waals surface area contributed by atoms with E-state index in [0.717, 1.165) is 77.3 Å². The number of para-hydroxylation sites is 3. The second kappa shape index (κ2) is 14.6. The number of furan rings is 2. The van der Waals surface area contributed by atoms with Gasteiger partial charge in [0.25, 0.3) is 0 Å². The molecule has 0 aliphatic heterocycles. The third-order valence-electron chi connectivity index (χ3n) is 13.5. The van der Waals surface area contributed by atoms with Crippen LogP contribution < -0.4 is 0 Å². The fourth-order valence-electron chi connectivity index (χ4n) is 10.2. The van der Waals surface area contributed by atoms with E-state index in [-0.39, 0.29) is 0 Å². The lowest BCUT2D eigenvalue weighted by Gasteiger charge is -2.14. The predicted octanol–water partition coefficient (Wildman–Crippen LogP) is 17.5. The molecule has 0 unspecified atom stereocenters. The van der Waals surface area contributed by atoms with Gasteiger partial charge < -0.3 is 13.4 Å². The van der Waals surface area contributed by atoms with Gasteiger partial charge in [-0.15, -0.1) is 0 Å². The van der Waals surface area contributed by atoms with Crippen LogP contribution in [-0.4, -0.2) is 4.57 Å². The molecule has 0 fully saturated rings. The first-order chi connectivity index (χ1) is 32.0. The zero-order valence-electron chi connectivity index (χ0n) is 36.0. The highest BCUT2D eigenvalue weighted by Gasteiger charge is 2.20. The Morgan fingerprint density at radius 1 is 0.292 bits per heavy atom. The van der Waals surface area contributed by atoms with E-state index in [2.05, 4.69) is 231 Å². The van der Waals surface area contributed by atoms with Crippen molar-refractivity contribution in [3.8, 4) is 61.3 Å². The SMILES string of the molecule is Cc1ccc(-c2ccccc2)cc1-c1cc(-c2cccc3c2oc2cc4oc5c(-c6ccc7c(c6)c6cc(-c8ccccc8)ccc6n7-c6ccccc6)cccc5c4cc23)ccc1C. The van der Waals surface area contributed by atoms with E-state index in [9.17, 15) is 0 Å². The van der Waals surface area contributed by atoms with Crippen LogP contribution in [-0.2, 0) is 0 Å². The number of aromatic nitrogens is 1. The molecule has 0 aliphatic carbocycles. The fourth-order valence-corrected chi connectivity index (χ4v) is 10.2. The molecule has 0 N–H and O–H groups in total. The van der Waals surface area contributed by atoms with Crippen molar-refractivity contribution >= 4 is 65.7 Å². The van der Waals surface area contributed by atoms with Crippen molar-refractivity contribution in [1.29, 1.82) is 0 Å². The molecule has 3 aromatic heterocycles. The Labute approximate surface area is 376 Å². The van der Waals surface area contributed by atoms with Crippen molar-refractivity contribution in [2.75, 3.05) is 0 Å². The van der Waals surface area contributed by atoms with Gasteiger partial charge in [-0.1, -0.05) is 152 Å². The molecule has 3 nitrogen and oxygen atoms in total. The van der Waals surface area contributed by atoms with Gasteiger partial charge in [0.2, 0.25) is 0 Å². The minimum absolute atomic E-state index is 0.807. The molecule has 3 heteroatoms. The van der Waals surface area contributed by atoms with Gasteiger partial charge in [0.05, 0.1) is 11.0 Å². The van der Waals surface area contributed by atoms with Crippen LogP contribution in [0, 0.1) is 13.8 Å². The van der Waals surface area contributed by atoms with E-state index in [1.165, 1.54) is 60.8 Å². The Hall–Kier alpha value is -8.40. The molecule has 13 aromatic rings. The number of nitrogens with zero attached hydrogens (tertiary/aromatic N) is 1. The Bertz CT molecular complexity index is 4000. The molecule has 3 heterocycles. The number of benzene rings is 10. The van der Waals surface area contributed by atoms with Gasteiger partial charge in [0.15, 0.2) is 0 Å². The van der Waals surface area contributed by atoms with Gasteiger partial charge in [0, 0.05) is 55.2 Å². The molecule has 0 saturated heterocycles. The molecule has 0 radical (unpaired) electrons. The Morgan fingerprint density at radius 2 is 0.738 bits per heavy atom. The maximum absolute atomic E-state index is 6.87. The third-order valence-corrected chi connectivity index (χ3v) is 13.5. The maximum atomic E-state index is 6.87. The first-order valence-corrected chi connectivity index (χ1v) is 22.3. The third kappa shape index (κ3) is 5.97. The summed E-state index contributed by atoms with van der Waals surface area (Å²) in [7, 11) is 0. The molecule has 306 valence electrons. The number of rotatable bonds is 6. The normalized spacial score (nSPS) is 11.8. The van der Waals surface area contributed by atoms with Crippen LogP contribution in [0.4, 0.5) is 0 Å². The molecule has 0 aliphatic rings. The Morgan fingerprint density at radius 3 is 1.31 bits per heavy atom. The quantitative estimate of drug-likeness (QED) is 0.167. The highest BCUT2D eigenvalue weighted by Crippen LogP contribution is 2.44. The first kappa shape index (κ1) is 37.2. The second-order valence-electron chi connectivity index (χ2n) is 17.3. The van der Waals surface area contributed by atoms with Crippen LogP contribution in [0.3, 0.4) is 0 Å². The largest absolute Gasteiger partial charge is 0.455 e. The molecule has 65 heavy (non-hydrogen) atoms. The summed E-state index contributed by atoms with van der Waals surface area (Å²) in [5.41, 5.74) is 21.0. The Kier molecular flexibility index (Phi) is 8.34. The summed E-state index contributed by atoms with van der Waals surface area (Å²) in [6.07, 6.45) is 0. The van der Waals surface area contributed by atoms with Crippen LogP contribution in [0.25, 0.3) is 127 Å². The molecule has 0 spiro atoms. The summed E-state index contributed by atoms with van der Waals surface area (Å²) >= 11 is 0. The minimum atomic E-state index is 0.807. The van der Waals surface area contributed by atoms with E-state index >= 15 is 0 Å². The summed E-state index contributed by atoms with van der Waals surface area (Å²) in [6.45, 7) is 4.40. The van der Waals surface area contributed by atoms with Gasteiger partial charge in [-0.05, 0) is 124 Å². The van der Waals surface area contributed by atoms with E-state index < -0.39 is 0 Å². The van der Waals surface area contributed by atoms with E-state index in [0.29, 0.717) is 0 Å². The lowest BCUT2D eigenvalue weighted by atomic mass is 9.90. The zero-order valence-corrected chi connectivity index (χ0v) is 36.0. The predicted molar refractivity (Wildman–Crippen MR) is 272 cm³/mol. The average Bonchev–Trinajstić information content (AvgIpc) is 4.03. The average molecular weight is 832 g/mol. The van der Waals surface area contributed by atoms with Gasteiger partial charge in [-0.3, -0.25) is 0 Å². The minimum Gasteiger partial charge on any atom is -0.455 e. The summed E-state index contributed by atoms with van der Waals surface area (Å²) < 4.78 is 16.1. The molecule has 0 saturated carbocycles. The smallest absolute Gasteiger partial charge is 0.143 e. The van der Waals surface area contributed by atoms with E-state index in [1.54, 1.807) is 0 Å². The molecule has 10 aromatic carbocycles. The van der Waals surface area contributed by atoms with Crippen LogP contribution in [0.15, 0.2) is 221 Å². The molecular weight excluding hydrogens is 791 g/mol. The number of hydrogen-bond acceptors (Lipinski definition) is 2. The van der Waals surface area contributed by atoms with Crippen molar-refractivity contribution < 1.29 is 8.83 Å². The van der Waals surface area contributed by atoms with E-state index in [4.69, 9.17) is 8.83 Å². The van der Waals surface area contributed by atoms with Crippen LogP contribution in [0.2, 0.25) is 0 Å². The van der Waals surface area contributed by atoms with Crippen LogP contribution in [0.1, 0.15) is 11.1 Å². The van der Waals surface area contributed by atoms with Gasteiger partial charge >= 0.3 is 0 Å². The van der Waals surface area contributed by atoms with Crippen molar-refractivity contribution in [3.05, 3.63) is 223 Å². The zero-order chi connectivity index (χ0) is 43.2. The monoisotopic (exact) mass is 831 g/mol. The summed E-state index contributed by atoms with van der Waals surface area (Å²) in [5.74, 6) is 0.